The van der Waals surface area contributed by atoms with E-state index in [0.29, 0.717) is 26.4 Å². The van der Waals surface area contributed by atoms with E-state index in [1.54, 1.807) is 7.11 Å². The van der Waals surface area contributed by atoms with Gasteiger partial charge in [0.2, 0.25) is 0 Å². The van der Waals surface area contributed by atoms with Crippen molar-refractivity contribution in [1.82, 2.24) is 5.32 Å². The minimum Gasteiger partial charge on any atom is -0.389 e. The molecule has 0 spiro atoms. The maximum Gasteiger partial charge on any atom is 0.0897 e. The highest BCUT2D eigenvalue weighted by Gasteiger charge is 2.08. The van der Waals surface area contributed by atoms with Gasteiger partial charge in [0.25, 0.3) is 0 Å². The van der Waals surface area contributed by atoms with Crippen molar-refractivity contribution in [2.24, 2.45) is 0 Å². The van der Waals surface area contributed by atoms with Crippen LogP contribution in [-0.2, 0) is 9.47 Å². The molecule has 0 heterocycles. The maximum atomic E-state index is 9.72. The van der Waals surface area contributed by atoms with Gasteiger partial charge < -0.3 is 19.9 Å². The van der Waals surface area contributed by atoms with Gasteiger partial charge >= 0.3 is 0 Å². The van der Waals surface area contributed by atoms with Crippen molar-refractivity contribution in [3.05, 3.63) is 35.9 Å². The number of ether oxygens (including phenoxy) is 2. The second-order valence-corrected chi connectivity index (χ2v) is 4.26. The molecule has 0 fully saturated rings. The normalized spacial score (nSPS) is 14.4. The fraction of sp³-hybridized carbons (Fsp3) is 0.571. The summed E-state index contributed by atoms with van der Waals surface area (Å²) in [6.45, 7) is 4.00. The van der Waals surface area contributed by atoms with Gasteiger partial charge in [-0.2, -0.15) is 0 Å². The molecule has 4 heteroatoms. The average Bonchev–Trinajstić information content (AvgIpc) is 2.42. The molecule has 2 N–H and O–H groups in total. The largest absolute Gasteiger partial charge is 0.389 e. The van der Waals surface area contributed by atoms with Gasteiger partial charge in [-0.3, -0.25) is 0 Å². The van der Waals surface area contributed by atoms with Crippen LogP contribution in [0.25, 0.3) is 0 Å². The van der Waals surface area contributed by atoms with Crippen LogP contribution in [0, 0.1) is 0 Å². The molecule has 0 aromatic heterocycles. The van der Waals surface area contributed by atoms with E-state index in [2.05, 4.69) is 24.4 Å². The molecule has 0 aliphatic heterocycles. The molecular formula is C14H23NO3. The monoisotopic (exact) mass is 253 g/mol. The van der Waals surface area contributed by atoms with Gasteiger partial charge in [0, 0.05) is 19.7 Å². The number of aliphatic hydroxyl groups excluding tert-OH is 1. The fourth-order valence-corrected chi connectivity index (χ4v) is 1.59. The molecular weight excluding hydrogens is 230 g/mol. The molecule has 0 bridgehead atoms. The second-order valence-electron chi connectivity index (χ2n) is 4.26. The van der Waals surface area contributed by atoms with E-state index in [1.807, 2.05) is 18.2 Å². The number of hydrogen-bond donors (Lipinski definition) is 2. The van der Waals surface area contributed by atoms with Crippen molar-refractivity contribution in [3.63, 3.8) is 0 Å². The Morgan fingerprint density at radius 3 is 2.61 bits per heavy atom. The van der Waals surface area contributed by atoms with Crippen LogP contribution in [0.5, 0.6) is 0 Å². The van der Waals surface area contributed by atoms with E-state index < -0.39 is 6.10 Å². The Kier molecular flexibility index (Phi) is 7.60. The molecule has 18 heavy (non-hydrogen) atoms. The summed E-state index contributed by atoms with van der Waals surface area (Å²) in [5.74, 6) is 0. The van der Waals surface area contributed by atoms with Crippen molar-refractivity contribution >= 4 is 0 Å². The highest BCUT2D eigenvalue weighted by Crippen LogP contribution is 2.10. The molecule has 1 aromatic carbocycles. The van der Waals surface area contributed by atoms with Gasteiger partial charge in [0.15, 0.2) is 0 Å². The van der Waals surface area contributed by atoms with Gasteiger partial charge in [-0.1, -0.05) is 30.3 Å². The minimum atomic E-state index is -0.493. The van der Waals surface area contributed by atoms with E-state index in [-0.39, 0.29) is 6.04 Å². The predicted molar refractivity (Wildman–Crippen MR) is 71.6 cm³/mol. The Labute approximate surface area is 109 Å². The van der Waals surface area contributed by atoms with Crippen LogP contribution in [0.4, 0.5) is 0 Å². The molecule has 0 amide bonds. The Morgan fingerprint density at radius 2 is 1.94 bits per heavy atom. The first-order valence-electron chi connectivity index (χ1n) is 6.27. The van der Waals surface area contributed by atoms with E-state index >= 15 is 0 Å². The van der Waals surface area contributed by atoms with Crippen LogP contribution in [0.1, 0.15) is 18.5 Å². The Bertz CT molecular complexity index is 305. The summed E-state index contributed by atoms with van der Waals surface area (Å²) in [4.78, 5) is 0. The number of methoxy groups -OCH3 is 1. The summed E-state index contributed by atoms with van der Waals surface area (Å²) in [6.07, 6.45) is -0.493. The number of nitrogens with one attached hydrogen (secondary N) is 1. The van der Waals surface area contributed by atoms with Crippen LogP contribution in [0.3, 0.4) is 0 Å². The Morgan fingerprint density at radius 1 is 1.22 bits per heavy atom. The first-order valence-corrected chi connectivity index (χ1v) is 6.27. The average molecular weight is 253 g/mol. The van der Waals surface area contributed by atoms with Crippen LogP contribution < -0.4 is 5.32 Å². The molecule has 0 radical (unpaired) electrons. The van der Waals surface area contributed by atoms with Crippen LogP contribution in [0.15, 0.2) is 30.3 Å². The quantitative estimate of drug-likeness (QED) is 0.653. The first-order chi connectivity index (χ1) is 8.74. The Balaban J connectivity index is 2.16. The third-order valence-electron chi connectivity index (χ3n) is 2.70. The van der Waals surface area contributed by atoms with Crippen LogP contribution in [-0.4, -0.2) is 44.7 Å². The zero-order chi connectivity index (χ0) is 13.2. The molecule has 0 saturated heterocycles. The second kappa shape index (κ2) is 9.05. The van der Waals surface area contributed by atoms with Crippen LogP contribution in [0.2, 0.25) is 0 Å². The van der Waals surface area contributed by atoms with Gasteiger partial charge in [-0.15, -0.1) is 0 Å². The third kappa shape index (κ3) is 6.12. The van der Waals surface area contributed by atoms with E-state index in [1.165, 1.54) is 5.56 Å². The van der Waals surface area contributed by atoms with Crippen molar-refractivity contribution in [2.45, 2.75) is 19.1 Å². The zero-order valence-corrected chi connectivity index (χ0v) is 11.1. The molecule has 0 aliphatic carbocycles. The molecule has 1 aromatic rings. The maximum absolute atomic E-state index is 9.72. The lowest BCUT2D eigenvalue weighted by molar-refractivity contribution is 0.0130. The van der Waals surface area contributed by atoms with Gasteiger partial charge in [-0.25, -0.2) is 0 Å². The lowest BCUT2D eigenvalue weighted by Crippen LogP contribution is -2.32. The van der Waals surface area contributed by atoms with Gasteiger partial charge in [-0.05, 0) is 12.5 Å². The lowest BCUT2D eigenvalue weighted by atomic mass is 10.1. The van der Waals surface area contributed by atoms with E-state index in [9.17, 15) is 5.11 Å². The summed E-state index contributed by atoms with van der Waals surface area (Å²) >= 11 is 0. The van der Waals surface area contributed by atoms with Crippen LogP contribution >= 0.6 is 0 Å². The van der Waals surface area contributed by atoms with Crippen molar-refractivity contribution < 1.29 is 14.6 Å². The number of benzene rings is 1. The molecule has 1 rings (SSSR count). The lowest BCUT2D eigenvalue weighted by Gasteiger charge is -2.17. The Hall–Kier alpha value is -0.940. The smallest absolute Gasteiger partial charge is 0.0897 e. The molecule has 0 saturated carbocycles. The number of hydrogen-bond acceptors (Lipinski definition) is 4. The molecule has 2 atom stereocenters. The van der Waals surface area contributed by atoms with E-state index in [4.69, 9.17) is 9.47 Å². The van der Waals surface area contributed by atoms with Crippen molar-refractivity contribution in [1.29, 1.82) is 0 Å². The summed E-state index contributed by atoms with van der Waals surface area (Å²) in [5, 5.41) is 13.0. The molecule has 2 unspecified atom stereocenters. The topological polar surface area (TPSA) is 50.7 Å². The summed E-state index contributed by atoms with van der Waals surface area (Å²) < 4.78 is 10.1. The highest BCUT2D eigenvalue weighted by molar-refractivity contribution is 5.17. The number of rotatable bonds is 9. The first kappa shape index (κ1) is 15.1. The zero-order valence-electron chi connectivity index (χ0n) is 11.1. The molecule has 4 nitrogen and oxygen atoms in total. The number of aliphatic hydroxyl groups is 1. The molecule has 0 aliphatic rings. The summed E-state index contributed by atoms with van der Waals surface area (Å²) in [7, 11) is 1.63. The standard InChI is InChI=1S/C14H23NO3/c1-12(13-6-4-3-5-7-13)15-10-14(16)11-18-9-8-17-2/h3-7,12,14-16H,8-11H2,1-2H3. The molecule has 102 valence electrons. The third-order valence-corrected chi connectivity index (χ3v) is 2.70. The minimum absolute atomic E-state index is 0.222. The summed E-state index contributed by atoms with van der Waals surface area (Å²) in [5.41, 5.74) is 1.21. The van der Waals surface area contributed by atoms with Gasteiger partial charge in [0.05, 0.1) is 25.9 Å². The summed E-state index contributed by atoms with van der Waals surface area (Å²) in [6, 6.07) is 10.4. The van der Waals surface area contributed by atoms with Crippen molar-refractivity contribution in [3.8, 4) is 0 Å². The van der Waals surface area contributed by atoms with Crippen molar-refractivity contribution in [2.75, 3.05) is 33.5 Å². The van der Waals surface area contributed by atoms with Gasteiger partial charge in [0.1, 0.15) is 0 Å². The SMILES string of the molecule is COCCOCC(O)CNC(C)c1ccccc1. The van der Waals surface area contributed by atoms with E-state index in [0.717, 1.165) is 0 Å². The fourth-order valence-electron chi connectivity index (χ4n) is 1.59. The predicted octanol–water partition coefficient (Wildman–Crippen LogP) is 1.36. The highest BCUT2D eigenvalue weighted by atomic mass is 16.5.